The average Bonchev–Trinajstić information content (AvgIpc) is 2.43. The van der Waals surface area contributed by atoms with Gasteiger partial charge in [0.2, 0.25) is 0 Å². The van der Waals surface area contributed by atoms with Crippen molar-refractivity contribution in [2.45, 2.75) is 0 Å². The largest absolute Gasteiger partial charge is 0.497 e. The summed E-state index contributed by atoms with van der Waals surface area (Å²) >= 11 is 8.11. The minimum atomic E-state index is -0.264. The van der Waals surface area contributed by atoms with Crippen LogP contribution in [0.3, 0.4) is 0 Å². The summed E-state index contributed by atoms with van der Waals surface area (Å²) in [5, 5.41) is 3.29. The zero-order chi connectivity index (χ0) is 14.7. The van der Waals surface area contributed by atoms with Gasteiger partial charge in [-0.05, 0) is 52.9 Å². The highest BCUT2D eigenvalue weighted by atomic mass is 127. The summed E-state index contributed by atoms with van der Waals surface area (Å²) in [5.41, 5.74) is 7.30. The third-order valence-corrected chi connectivity index (χ3v) is 4.26. The van der Waals surface area contributed by atoms with Gasteiger partial charge in [0.25, 0.3) is 5.91 Å². The molecule has 0 spiro atoms. The quantitative estimate of drug-likeness (QED) is 0.606. The molecular weight excluding hydrogens is 391 g/mol. The van der Waals surface area contributed by atoms with Crippen LogP contribution in [-0.4, -0.2) is 13.0 Å². The number of amides is 1. The van der Waals surface area contributed by atoms with Crippen LogP contribution in [0.25, 0.3) is 0 Å². The number of hydrogen-bond acceptors (Lipinski definition) is 3. The van der Waals surface area contributed by atoms with Crippen molar-refractivity contribution in [2.24, 2.45) is 0 Å². The molecule has 0 fully saturated rings. The van der Waals surface area contributed by atoms with Crippen molar-refractivity contribution >= 4 is 51.5 Å². The SMILES string of the molecule is COc1ccc(NC(=O)c2ccc(I)c(Cl)c2)c(N)c1. The van der Waals surface area contributed by atoms with Gasteiger partial charge in [-0.15, -0.1) is 0 Å². The van der Waals surface area contributed by atoms with E-state index >= 15 is 0 Å². The van der Waals surface area contributed by atoms with Crippen molar-refractivity contribution in [3.8, 4) is 5.75 Å². The van der Waals surface area contributed by atoms with Gasteiger partial charge in [0, 0.05) is 15.2 Å². The van der Waals surface area contributed by atoms with Gasteiger partial charge >= 0.3 is 0 Å². The summed E-state index contributed by atoms with van der Waals surface area (Å²) in [6, 6.07) is 10.2. The summed E-state index contributed by atoms with van der Waals surface area (Å²) in [4.78, 5) is 12.1. The van der Waals surface area contributed by atoms with Gasteiger partial charge < -0.3 is 15.8 Å². The summed E-state index contributed by atoms with van der Waals surface area (Å²) < 4.78 is 5.95. The van der Waals surface area contributed by atoms with E-state index in [-0.39, 0.29) is 5.91 Å². The van der Waals surface area contributed by atoms with Crippen molar-refractivity contribution in [3.63, 3.8) is 0 Å². The predicted molar refractivity (Wildman–Crippen MR) is 89.5 cm³/mol. The third-order valence-electron chi connectivity index (χ3n) is 2.69. The minimum Gasteiger partial charge on any atom is -0.497 e. The highest BCUT2D eigenvalue weighted by Crippen LogP contribution is 2.25. The van der Waals surface area contributed by atoms with Gasteiger partial charge in [0.1, 0.15) is 5.75 Å². The van der Waals surface area contributed by atoms with E-state index in [1.807, 2.05) is 0 Å². The van der Waals surface area contributed by atoms with E-state index in [1.54, 1.807) is 43.5 Å². The summed E-state index contributed by atoms with van der Waals surface area (Å²) in [6.07, 6.45) is 0. The first-order valence-electron chi connectivity index (χ1n) is 5.71. The van der Waals surface area contributed by atoms with Crippen LogP contribution in [0.15, 0.2) is 36.4 Å². The molecule has 0 aliphatic heterocycles. The molecular formula is C14H12ClIN2O2. The molecule has 104 valence electrons. The van der Waals surface area contributed by atoms with E-state index in [0.29, 0.717) is 27.7 Å². The van der Waals surface area contributed by atoms with Crippen molar-refractivity contribution in [1.82, 2.24) is 0 Å². The summed E-state index contributed by atoms with van der Waals surface area (Å²) in [6.45, 7) is 0. The van der Waals surface area contributed by atoms with E-state index in [1.165, 1.54) is 0 Å². The van der Waals surface area contributed by atoms with Crippen molar-refractivity contribution < 1.29 is 9.53 Å². The normalized spacial score (nSPS) is 10.2. The molecule has 0 heterocycles. The van der Waals surface area contributed by atoms with Crippen molar-refractivity contribution in [2.75, 3.05) is 18.2 Å². The maximum absolute atomic E-state index is 12.1. The number of nitrogen functional groups attached to an aromatic ring is 1. The number of anilines is 2. The fourth-order valence-corrected chi connectivity index (χ4v) is 2.13. The second-order valence-corrected chi connectivity index (χ2v) is 5.61. The number of carbonyl (C=O) groups is 1. The van der Waals surface area contributed by atoms with Crippen LogP contribution in [-0.2, 0) is 0 Å². The number of methoxy groups -OCH3 is 1. The monoisotopic (exact) mass is 402 g/mol. The van der Waals surface area contributed by atoms with Gasteiger partial charge in [-0.2, -0.15) is 0 Å². The highest BCUT2D eigenvalue weighted by molar-refractivity contribution is 14.1. The van der Waals surface area contributed by atoms with Gasteiger partial charge in [-0.25, -0.2) is 0 Å². The zero-order valence-electron chi connectivity index (χ0n) is 10.6. The number of benzene rings is 2. The number of ether oxygens (including phenoxy) is 1. The van der Waals surface area contributed by atoms with Gasteiger partial charge in [0.05, 0.1) is 23.5 Å². The van der Waals surface area contributed by atoms with Gasteiger partial charge in [-0.1, -0.05) is 11.6 Å². The van der Waals surface area contributed by atoms with Crippen LogP contribution in [0.2, 0.25) is 5.02 Å². The topological polar surface area (TPSA) is 64.3 Å². The number of hydrogen-bond donors (Lipinski definition) is 2. The Labute approximate surface area is 135 Å². The first kappa shape index (κ1) is 14.9. The predicted octanol–water partition coefficient (Wildman–Crippen LogP) is 3.79. The molecule has 6 heteroatoms. The molecule has 2 aromatic carbocycles. The van der Waals surface area contributed by atoms with E-state index in [4.69, 9.17) is 22.1 Å². The fraction of sp³-hybridized carbons (Fsp3) is 0.0714. The van der Waals surface area contributed by atoms with E-state index in [9.17, 15) is 4.79 Å². The Morgan fingerprint density at radius 3 is 2.65 bits per heavy atom. The van der Waals surface area contributed by atoms with E-state index in [2.05, 4.69) is 27.9 Å². The summed E-state index contributed by atoms with van der Waals surface area (Å²) in [7, 11) is 1.56. The first-order valence-corrected chi connectivity index (χ1v) is 7.17. The lowest BCUT2D eigenvalue weighted by atomic mass is 10.2. The Balaban J connectivity index is 2.21. The third kappa shape index (κ3) is 3.34. The minimum absolute atomic E-state index is 0.264. The lowest BCUT2D eigenvalue weighted by molar-refractivity contribution is 0.102. The lowest BCUT2D eigenvalue weighted by Gasteiger charge is -2.10. The average molecular weight is 403 g/mol. The van der Waals surface area contributed by atoms with E-state index in [0.717, 1.165) is 3.57 Å². The molecule has 0 saturated carbocycles. The Kier molecular flexibility index (Phi) is 4.72. The molecule has 0 atom stereocenters. The molecule has 3 N–H and O–H groups in total. The Morgan fingerprint density at radius 2 is 2.05 bits per heavy atom. The van der Waals surface area contributed by atoms with Crippen LogP contribution < -0.4 is 15.8 Å². The van der Waals surface area contributed by atoms with Gasteiger partial charge in [0.15, 0.2) is 0 Å². The van der Waals surface area contributed by atoms with Crippen LogP contribution in [0, 0.1) is 3.57 Å². The highest BCUT2D eigenvalue weighted by Gasteiger charge is 2.10. The Hall–Kier alpha value is -1.47. The second kappa shape index (κ2) is 6.32. The molecule has 1 amide bonds. The molecule has 2 rings (SSSR count). The molecule has 2 aromatic rings. The van der Waals surface area contributed by atoms with Crippen LogP contribution >= 0.6 is 34.2 Å². The molecule has 0 radical (unpaired) electrons. The van der Waals surface area contributed by atoms with Crippen molar-refractivity contribution in [1.29, 1.82) is 0 Å². The van der Waals surface area contributed by atoms with Crippen molar-refractivity contribution in [3.05, 3.63) is 50.6 Å². The molecule has 0 bridgehead atoms. The zero-order valence-corrected chi connectivity index (χ0v) is 13.5. The molecule has 0 aliphatic rings. The number of carbonyl (C=O) groups excluding carboxylic acids is 1. The fourth-order valence-electron chi connectivity index (χ4n) is 1.61. The first-order chi connectivity index (χ1) is 9.51. The van der Waals surface area contributed by atoms with Gasteiger partial charge in [-0.3, -0.25) is 4.79 Å². The smallest absolute Gasteiger partial charge is 0.255 e. The molecule has 4 nitrogen and oxygen atoms in total. The number of nitrogens with two attached hydrogens (primary N) is 1. The van der Waals surface area contributed by atoms with E-state index < -0.39 is 0 Å². The Bertz CT molecular complexity index is 662. The molecule has 20 heavy (non-hydrogen) atoms. The lowest BCUT2D eigenvalue weighted by Crippen LogP contribution is -2.13. The number of halogens is 2. The molecule has 0 aliphatic carbocycles. The Morgan fingerprint density at radius 1 is 1.30 bits per heavy atom. The molecule has 0 saturated heterocycles. The number of rotatable bonds is 3. The maximum atomic E-state index is 12.1. The summed E-state index contributed by atoms with van der Waals surface area (Å²) in [5.74, 6) is 0.373. The maximum Gasteiger partial charge on any atom is 0.255 e. The van der Waals surface area contributed by atoms with Crippen LogP contribution in [0.1, 0.15) is 10.4 Å². The molecule has 0 unspecified atom stereocenters. The van der Waals surface area contributed by atoms with Crippen LogP contribution in [0.5, 0.6) is 5.75 Å². The standard InChI is InChI=1S/C14H12ClIN2O2/c1-20-9-3-5-13(12(17)7-9)18-14(19)8-2-4-11(16)10(15)6-8/h2-7H,17H2,1H3,(H,18,19). The molecule has 0 aromatic heterocycles. The van der Waals surface area contributed by atoms with Crippen LogP contribution in [0.4, 0.5) is 11.4 Å². The number of nitrogens with one attached hydrogen (secondary N) is 1. The second-order valence-electron chi connectivity index (χ2n) is 4.04.